The number of carbonyl (C=O) groups is 1. The third kappa shape index (κ3) is 2.39. The minimum absolute atomic E-state index is 0.0216. The Morgan fingerprint density at radius 1 is 1.17 bits per heavy atom. The van der Waals surface area contributed by atoms with E-state index in [2.05, 4.69) is 10.2 Å². The Hall–Kier alpha value is -2.93. The fourth-order valence-corrected chi connectivity index (χ4v) is 2.85. The summed E-state index contributed by atoms with van der Waals surface area (Å²) in [6, 6.07) is 12.9. The van der Waals surface area contributed by atoms with Gasteiger partial charge in [-0.15, -0.1) is 0 Å². The van der Waals surface area contributed by atoms with Crippen LogP contribution in [0.3, 0.4) is 0 Å². The summed E-state index contributed by atoms with van der Waals surface area (Å²) in [5.74, 6) is 2.08. The second-order valence-corrected chi connectivity index (χ2v) is 5.75. The van der Waals surface area contributed by atoms with Gasteiger partial charge in [-0.05, 0) is 61.6 Å². The molecule has 0 fully saturated rings. The molecule has 1 N–H and O–H groups in total. The first kappa shape index (κ1) is 14.6. The predicted octanol–water partition coefficient (Wildman–Crippen LogP) is 3.53. The highest BCUT2D eigenvalue weighted by Crippen LogP contribution is 2.35. The molecule has 1 aliphatic heterocycles. The highest BCUT2D eigenvalue weighted by Gasteiger charge is 2.17. The normalized spacial score (nSPS) is 12.4. The lowest BCUT2D eigenvalue weighted by molar-refractivity contribution is 0.101. The van der Waals surface area contributed by atoms with Crippen molar-refractivity contribution in [2.75, 3.05) is 6.79 Å². The number of hydrogen-bond donors (Lipinski definition) is 1. The summed E-state index contributed by atoms with van der Waals surface area (Å²) in [7, 11) is 0. The number of ether oxygens (including phenoxy) is 2. The van der Waals surface area contributed by atoms with Gasteiger partial charge < -0.3 is 9.47 Å². The van der Waals surface area contributed by atoms with E-state index in [0.29, 0.717) is 27.7 Å². The van der Waals surface area contributed by atoms with Gasteiger partial charge in [-0.25, -0.2) is 0 Å². The Labute approximate surface area is 142 Å². The van der Waals surface area contributed by atoms with E-state index in [-0.39, 0.29) is 12.6 Å². The fourth-order valence-electron chi connectivity index (χ4n) is 2.61. The molecular formula is C17H13N3O3S. The lowest BCUT2D eigenvalue weighted by Crippen LogP contribution is -1.99. The molecule has 0 amide bonds. The molecule has 1 aliphatic rings. The molecule has 6 nitrogen and oxygen atoms in total. The van der Waals surface area contributed by atoms with Crippen LogP contribution in [0.5, 0.6) is 11.5 Å². The number of aromatic nitrogens is 3. The molecule has 1 aromatic heterocycles. The summed E-state index contributed by atoms with van der Waals surface area (Å²) in [5, 5.41) is 7.14. The number of H-pyrrole nitrogens is 1. The van der Waals surface area contributed by atoms with Crippen LogP contribution in [-0.2, 0) is 0 Å². The molecule has 0 saturated heterocycles. The van der Waals surface area contributed by atoms with Crippen molar-refractivity contribution in [1.82, 2.24) is 14.8 Å². The van der Waals surface area contributed by atoms with E-state index < -0.39 is 0 Å². The molecule has 0 unspecified atom stereocenters. The van der Waals surface area contributed by atoms with Gasteiger partial charge in [0.25, 0.3) is 0 Å². The van der Waals surface area contributed by atoms with Crippen molar-refractivity contribution < 1.29 is 14.3 Å². The molecule has 2 aromatic carbocycles. The van der Waals surface area contributed by atoms with Gasteiger partial charge in [0.05, 0.1) is 5.69 Å². The van der Waals surface area contributed by atoms with Gasteiger partial charge in [-0.2, -0.15) is 5.10 Å². The minimum Gasteiger partial charge on any atom is -0.454 e. The predicted molar refractivity (Wildman–Crippen MR) is 90.3 cm³/mol. The van der Waals surface area contributed by atoms with Crippen molar-refractivity contribution in [1.29, 1.82) is 0 Å². The molecule has 3 aromatic rings. The van der Waals surface area contributed by atoms with Crippen LogP contribution in [0.15, 0.2) is 42.5 Å². The van der Waals surface area contributed by atoms with E-state index in [0.717, 1.165) is 11.3 Å². The molecule has 4 rings (SSSR count). The third-order valence-corrected chi connectivity index (χ3v) is 4.11. The Bertz CT molecular complexity index is 989. The number of nitrogens with one attached hydrogen (secondary N) is 1. The largest absolute Gasteiger partial charge is 0.454 e. The quantitative estimate of drug-likeness (QED) is 0.584. The monoisotopic (exact) mass is 339 g/mol. The summed E-state index contributed by atoms with van der Waals surface area (Å²) >= 11 is 5.36. The molecule has 0 aliphatic carbocycles. The van der Waals surface area contributed by atoms with Gasteiger partial charge in [-0.3, -0.25) is 14.5 Å². The second kappa shape index (κ2) is 5.61. The maximum Gasteiger partial charge on any atom is 0.231 e. The number of fused-ring (bicyclic) bond motifs is 1. The summed E-state index contributed by atoms with van der Waals surface area (Å²) in [6.45, 7) is 1.76. The maximum atomic E-state index is 11.4. The van der Waals surface area contributed by atoms with Gasteiger partial charge in [0.15, 0.2) is 27.9 Å². The van der Waals surface area contributed by atoms with E-state index in [9.17, 15) is 4.79 Å². The lowest BCUT2D eigenvalue weighted by atomic mass is 10.1. The molecular weight excluding hydrogens is 326 g/mol. The van der Waals surface area contributed by atoms with E-state index >= 15 is 0 Å². The number of Topliss-reactive ketones (excluding diaryl/α,β-unsaturated/α-hetero) is 1. The lowest BCUT2D eigenvalue weighted by Gasteiger charge is -2.08. The molecule has 120 valence electrons. The SMILES string of the molecule is CC(=O)c1ccc(-n2c(-c3ccc4c(c3)OCO4)n[nH]c2=S)cc1. The topological polar surface area (TPSA) is 69.1 Å². The minimum atomic E-state index is 0.0216. The summed E-state index contributed by atoms with van der Waals surface area (Å²) in [6.07, 6.45) is 0. The Morgan fingerprint density at radius 3 is 2.67 bits per heavy atom. The zero-order chi connectivity index (χ0) is 16.7. The van der Waals surface area contributed by atoms with Crippen LogP contribution in [0.2, 0.25) is 0 Å². The molecule has 0 spiro atoms. The number of aromatic amines is 1. The van der Waals surface area contributed by atoms with Crippen molar-refractivity contribution in [3.8, 4) is 28.6 Å². The second-order valence-electron chi connectivity index (χ2n) is 5.36. The number of nitrogens with zero attached hydrogens (tertiary/aromatic N) is 2. The van der Waals surface area contributed by atoms with E-state index in [1.54, 1.807) is 12.1 Å². The summed E-state index contributed by atoms with van der Waals surface area (Å²) in [4.78, 5) is 11.4. The van der Waals surface area contributed by atoms with Gasteiger partial charge >= 0.3 is 0 Å². The Balaban J connectivity index is 1.82. The van der Waals surface area contributed by atoms with E-state index in [1.807, 2.05) is 34.9 Å². The molecule has 0 radical (unpaired) electrons. The molecule has 24 heavy (non-hydrogen) atoms. The van der Waals surface area contributed by atoms with Gasteiger partial charge in [0.2, 0.25) is 6.79 Å². The summed E-state index contributed by atoms with van der Waals surface area (Å²) < 4.78 is 13.0. The molecule has 2 heterocycles. The van der Waals surface area contributed by atoms with Crippen LogP contribution in [0.1, 0.15) is 17.3 Å². The number of ketones is 1. The van der Waals surface area contributed by atoms with Crippen molar-refractivity contribution in [2.24, 2.45) is 0 Å². The number of benzene rings is 2. The molecule has 0 atom stereocenters. The van der Waals surface area contributed by atoms with E-state index in [4.69, 9.17) is 21.7 Å². The van der Waals surface area contributed by atoms with Crippen LogP contribution >= 0.6 is 12.2 Å². The summed E-state index contributed by atoms with van der Waals surface area (Å²) in [5.41, 5.74) is 2.33. The molecule has 7 heteroatoms. The van der Waals surface area contributed by atoms with Crippen LogP contribution in [0.25, 0.3) is 17.1 Å². The fraction of sp³-hybridized carbons (Fsp3) is 0.118. The molecule has 0 saturated carbocycles. The smallest absolute Gasteiger partial charge is 0.231 e. The van der Waals surface area contributed by atoms with Crippen molar-refractivity contribution >= 4 is 18.0 Å². The Morgan fingerprint density at radius 2 is 1.92 bits per heavy atom. The van der Waals surface area contributed by atoms with Gasteiger partial charge in [-0.1, -0.05) is 0 Å². The first-order valence-electron chi connectivity index (χ1n) is 7.32. The van der Waals surface area contributed by atoms with Gasteiger partial charge in [0.1, 0.15) is 0 Å². The molecule has 0 bridgehead atoms. The average Bonchev–Trinajstić information content (AvgIpc) is 3.20. The number of hydrogen-bond acceptors (Lipinski definition) is 5. The number of rotatable bonds is 3. The zero-order valence-corrected chi connectivity index (χ0v) is 13.6. The van der Waals surface area contributed by atoms with Gasteiger partial charge in [0, 0.05) is 11.1 Å². The van der Waals surface area contributed by atoms with Crippen LogP contribution < -0.4 is 9.47 Å². The maximum absolute atomic E-state index is 11.4. The Kier molecular flexibility index (Phi) is 3.42. The first-order chi connectivity index (χ1) is 11.6. The van der Waals surface area contributed by atoms with Crippen molar-refractivity contribution in [3.63, 3.8) is 0 Å². The average molecular weight is 339 g/mol. The highest BCUT2D eigenvalue weighted by atomic mass is 32.1. The van der Waals surface area contributed by atoms with Crippen LogP contribution in [-0.4, -0.2) is 27.3 Å². The highest BCUT2D eigenvalue weighted by molar-refractivity contribution is 7.71. The van der Waals surface area contributed by atoms with E-state index in [1.165, 1.54) is 6.92 Å². The van der Waals surface area contributed by atoms with Crippen molar-refractivity contribution in [3.05, 3.63) is 52.8 Å². The number of carbonyl (C=O) groups excluding carboxylic acids is 1. The zero-order valence-electron chi connectivity index (χ0n) is 12.8. The third-order valence-electron chi connectivity index (χ3n) is 3.84. The van der Waals surface area contributed by atoms with Crippen LogP contribution in [0.4, 0.5) is 0 Å². The first-order valence-corrected chi connectivity index (χ1v) is 7.73. The standard InChI is InChI=1S/C17H13N3O3S/c1-10(21)11-2-5-13(6-3-11)20-16(18-19-17(20)24)12-4-7-14-15(8-12)23-9-22-14/h2-8H,9H2,1H3,(H,19,24). The van der Waals surface area contributed by atoms with Crippen LogP contribution in [0, 0.1) is 4.77 Å². The van der Waals surface area contributed by atoms with Crippen molar-refractivity contribution in [2.45, 2.75) is 6.92 Å².